The molecule has 150 valence electrons. The van der Waals surface area contributed by atoms with E-state index in [0.717, 1.165) is 37.9 Å². The van der Waals surface area contributed by atoms with Crippen LogP contribution in [0, 0.1) is 29.1 Å². The summed E-state index contributed by atoms with van der Waals surface area (Å²) in [5.41, 5.74) is 0.574. The maximum atomic E-state index is 12.5. The Labute approximate surface area is 159 Å². The van der Waals surface area contributed by atoms with Gasteiger partial charge in [0.25, 0.3) is 0 Å². The van der Waals surface area contributed by atoms with Gasteiger partial charge in [-0.15, -0.1) is 0 Å². The fourth-order valence-electron chi connectivity index (χ4n) is 3.55. The summed E-state index contributed by atoms with van der Waals surface area (Å²) in [6.07, 6.45) is -0.897. The molecule has 3 fully saturated rings. The second-order valence-electron chi connectivity index (χ2n) is 7.28. The number of alkyl halides is 3. The van der Waals surface area contributed by atoms with Crippen LogP contribution in [0.3, 0.4) is 0 Å². The van der Waals surface area contributed by atoms with Gasteiger partial charge in [0.15, 0.2) is 0 Å². The molecule has 1 saturated carbocycles. The average Bonchev–Trinajstić information content (AvgIpc) is 3.29. The van der Waals surface area contributed by atoms with Gasteiger partial charge in [-0.2, -0.15) is 18.4 Å². The first-order valence-corrected chi connectivity index (χ1v) is 8.89. The fourth-order valence-corrected chi connectivity index (χ4v) is 3.55. The summed E-state index contributed by atoms with van der Waals surface area (Å²) in [5, 5.41) is 15.9. The molecule has 2 aliphatic heterocycles. The zero-order valence-electron chi connectivity index (χ0n) is 14.9. The Bertz CT molecular complexity index is 787. The van der Waals surface area contributed by atoms with Gasteiger partial charge in [-0.25, -0.2) is 9.78 Å². The number of pyridine rings is 1. The molecule has 2 saturated heterocycles. The molecule has 2 atom stereocenters. The number of rotatable bonds is 3. The fraction of sp³-hybridized carbons (Fsp3) is 0.556. The van der Waals surface area contributed by atoms with E-state index in [0.29, 0.717) is 17.4 Å². The molecular weight excluding hydrogens is 377 g/mol. The minimum absolute atomic E-state index is 0.140. The van der Waals surface area contributed by atoms with Crippen LogP contribution in [0.2, 0.25) is 0 Å². The zero-order chi connectivity index (χ0) is 20.5. The van der Waals surface area contributed by atoms with Crippen LogP contribution in [0.25, 0.3) is 0 Å². The molecule has 3 heterocycles. The number of likely N-dealkylation sites (tertiary alicyclic amines) is 1. The van der Waals surface area contributed by atoms with Gasteiger partial charge in [-0.05, 0) is 30.9 Å². The number of hydrogen-bond acceptors (Lipinski definition) is 5. The van der Waals surface area contributed by atoms with Crippen molar-refractivity contribution in [2.45, 2.75) is 19.0 Å². The van der Waals surface area contributed by atoms with Gasteiger partial charge in [0, 0.05) is 38.3 Å². The summed E-state index contributed by atoms with van der Waals surface area (Å²) in [6, 6.07) is 5.75. The summed E-state index contributed by atoms with van der Waals surface area (Å²) < 4.78 is 31.7. The van der Waals surface area contributed by atoms with E-state index in [1.54, 1.807) is 12.3 Å². The number of carboxylic acids is 1. The molecule has 1 aromatic rings. The second kappa shape index (κ2) is 7.66. The predicted octanol–water partition coefficient (Wildman–Crippen LogP) is 1.89. The Kier molecular flexibility index (Phi) is 5.45. The highest BCUT2D eigenvalue weighted by molar-refractivity contribution is 5.83. The van der Waals surface area contributed by atoms with Crippen molar-refractivity contribution in [1.82, 2.24) is 9.88 Å². The number of carboxylic acid groups (broad SMARTS) is 1. The van der Waals surface area contributed by atoms with E-state index in [1.165, 1.54) is 12.8 Å². The van der Waals surface area contributed by atoms with E-state index in [2.05, 4.69) is 20.9 Å². The van der Waals surface area contributed by atoms with Crippen molar-refractivity contribution in [2.24, 2.45) is 17.8 Å². The van der Waals surface area contributed by atoms with Crippen LogP contribution in [0.5, 0.6) is 0 Å². The highest BCUT2D eigenvalue weighted by atomic mass is 19.4. The Balaban J connectivity index is 0.000000279. The standard InChI is InChI=1S/C16H18N4O.C2HF3O2/c17-5-12-3-4-15(18-6-12)19-8-13-9-20(7-11-1-2-11)16(21)14(13)10-19;3-2(4,5)1(6)7/h3-4,6,11,13-14H,1-2,7-10H2;(H,6,7)/t13-,14-;/m0./s1. The van der Waals surface area contributed by atoms with Crippen molar-refractivity contribution in [3.8, 4) is 6.07 Å². The van der Waals surface area contributed by atoms with Gasteiger partial charge in [0.05, 0.1) is 11.5 Å². The molecule has 10 heteroatoms. The average molecular weight is 396 g/mol. The maximum Gasteiger partial charge on any atom is 0.490 e. The third-order valence-electron chi connectivity index (χ3n) is 5.14. The molecule has 3 aliphatic rings. The summed E-state index contributed by atoms with van der Waals surface area (Å²) in [7, 11) is 0. The van der Waals surface area contributed by atoms with E-state index in [1.807, 2.05) is 6.07 Å². The maximum absolute atomic E-state index is 12.5. The Morgan fingerprint density at radius 2 is 1.96 bits per heavy atom. The molecule has 1 aromatic heterocycles. The summed E-state index contributed by atoms with van der Waals surface area (Å²) in [5.74, 6) is -0.195. The number of amides is 1. The third-order valence-corrected chi connectivity index (χ3v) is 5.14. The smallest absolute Gasteiger partial charge is 0.475 e. The molecule has 0 unspecified atom stereocenters. The van der Waals surface area contributed by atoms with E-state index in [4.69, 9.17) is 15.2 Å². The number of aliphatic carboxylic acids is 1. The predicted molar refractivity (Wildman–Crippen MR) is 91.1 cm³/mol. The van der Waals surface area contributed by atoms with E-state index >= 15 is 0 Å². The van der Waals surface area contributed by atoms with Crippen LogP contribution in [0.1, 0.15) is 18.4 Å². The lowest BCUT2D eigenvalue weighted by molar-refractivity contribution is -0.192. The Morgan fingerprint density at radius 3 is 2.43 bits per heavy atom. The van der Waals surface area contributed by atoms with E-state index in [9.17, 15) is 18.0 Å². The topological polar surface area (TPSA) is 97.5 Å². The molecule has 7 nitrogen and oxygen atoms in total. The molecular formula is C18H19F3N4O3. The molecule has 0 aromatic carbocycles. The summed E-state index contributed by atoms with van der Waals surface area (Å²) >= 11 is 0. The zero-order valence-corrected chi connectivity index (χ0v) is 14.9. The lowest BCUT2D eigenvalue weighted by atomic mass is 10.0. The van der Waals surface area contributed by atoms with Gasteiger partial charge in [0.2, 0.25) is 5.91 Å². The number of hydrogen-bond donors (Lipinski definition) is 1. The summed E-state index contributed by atoms with van der Waals surface area (Å²) in [6.45, 7) is 3.55. The first-order valence-electron chi connectivity index (χ1n) is 8.89. The molecule has 28 heavy (non-hydrogen) atoms. The lowest BCUT2D eigenvalue weighted by Crippen LogP contribution is -2.34. The number of fused-ring (bicyclic) bond motifs is 1. The van der Waals surface area contributed by atoms with Crippen LogP contribution in [-0.2, 0) is 9.59 Å². The molecule has 0 radical (unpaired) electrons. The first-order chi connectivity index (χ1) is 13.2. The van der Waals surface area contributed by atoms with Gasteiger partial charge in [-0.3, -0.25) is 4.79 Å². The van der Waals surface area contributed by atoms with Crippen molar-refractivity contribution in [3.05, 3.63) is 23.9 Å². The minimum Gasteiger partial charge on any atom is -0.475 e. The van der Waals surface area contributed by atoms with Crippen LogP contribution in [-0.4, -0.2) is 59.2 Å². The van der Waals surface area contributed by atoms with Crippen molar-refractivity contribution in [2.75, 3.05) is 31.1 Å². The number of carbonyl (C=O) groups excluding carboxylic acids is 1. The third kappa shape index (κ3) is 4.52. The summed E-state index contributed by atoms with van der Waals surface area (Å²) in [4.78, 5) is 30.0. The second-order valence-corrected chi connectivity index (χ2v) is 7.28. The number of aromatic nitrogens is 1. The quantitative estimate of drug-likeness (QED) is 0.838. The molecule has 1 amide bonds. The SMILES string of the molecule is N#Cc1ccc(N2C[C@H]3CN(CC4CC4)C(=O)[C@H]3C2)nc1.O=C(O)C(F)(F)F. The van der Waals surface area contributed by atoms with Crippen molar-refractivity contribution in [3.63, 3.8) is 0 Å². The van der Waals surface area contributed by atoms with Crippen LogP contribution in [0.15, 0.2) is 18.3 Å². The normalized spacial score (nSPS) is 23.7. The Morgan fingerprint density at radius 1 is 1.29 bits per heavy atom. The van der Waals surface area contributed by atoms with Crippen molar-refractivity contribution < 1.29 is 27.9 Å². The van der Waals surface area contributed by atoms with Gasteiger partial charge in [-0.1, -0.05) is 0 Å². The van der Waals surface area contributed by atoms with Gasteiger partial charge in [0.1, 0.15) is 11.9 Å². The number of nitrogens with zero attached hydrogens (tertiary/aromatic N) is 4. The monoisotopic (exact) mass is 396 g/mol. The van der Waals surface area contributed by atoms with E-state index < -0.39 is 12.1 Å². The number of nitriles is 1. The highest BCUT2D eigenvalue weighted by Crippen LogP contribution is 2.37. The van der Waals surface area contributed by atoms with Crippen LogP contribution < -0.4 is 4.90 Å². The Hall–Kier alpha value is -2.83. The molecule has 4 rings (SSSR count). The number of carbonyl (C=O) groups is 2. The molecule has 0 spiro atoms. The molecule has 1 N–H and O–H groups in total. The first kappa shape index (κ1) is 19.9. The van der Waals surface area contributed by atoms with Crippen LogP contribution in [0.4, 0.5) is 19.0 Å². The highest BCUT2D eigenvalue weighted by Gasteiger charge is 2.47. The minimum atomic E-state index is -5.08. The molecule has 0 bridgehead atoms. The van der Waals surface area contributed by atoms with Gasteiger partial charge >= 0.3 is 12.1 Å². The number of halogens is 3. The van der Waals surface area contributed by atoms with Crippen molar-refractivity contribution >= 4 is 17.7 Å². The molecule has 1 aliphatic carbocycles. The van der Waals surface area contributed by atoms with Gasteiger partial charge < -0.3 is 14.9 Å². The largest absolute Gasteiger partial charge is 0.490 e. The van der Waals surface area contributed by atoms with E-state index in [-0.39, 0.29) is 5.92 Å². The van der Waals surface area contributed by atoms with Crippen molar-refractivity contribution in [1.29, 1.82) is 5.26 Å². The lowest BCUT2D eigenvalue weighted by Gasteiger charge is -2.22. The number of anilines is 1. The van der Waals surface area contributed by atoms with Crippen LogP contribution >= 0.6 is 0 Å².